The van der Waals surface area contributed by atoms with Crippen LogP contribution in [0.2, 0.25) is 0 Å². The van der Waals surface area contributed by atoms with Gasteiger partial charge in [-0.25, -0.2) is 9.07 Å². The summed E-state index contributed by atoms with van der Waals surface area (Å²) in [6.07, 6.45) is 3.20. The van der Waals surface area contributed by atoms with Crippen LogP contribution in [0.25, 0.3) is 0 Å². The molecule has 1 aromatic heterocycles. The Morgan fingerprint density at radius 1 is 1.23 bits per heavy atom. The number of thioether (sulfide) groups is 1. The summed E-state index contributed by atoms with van der Waals surface area (Å²) >= 11 is 1.34. The molecule has 2 atom stereocenters. The van der Waals surface area contributed by atoms with Gasteiger partial charge in [-0.2, -0.15) is 4.98 Å². The molecule has 0 unspecified atom stereocenters. The molecule has 0 spiro atoms. The average Bonchev–Trinajstić information content (AvgIpc) is 3.14. The molecule has 2 aromatic carbocycles. The molecule has 0 bridgehead atoms. The Hall–Kier alpha value is -3.13. The second kappa shape index (κ2) is 7.60. The van der Waals surface area contributed by atoms with Crippen LogP contribution >= 0.6 is 11.8 Å². The fourth-order valence-corrected chi connectivity index (χ4v) is 4.83. The molecule has 2 heterocycles. The number of phenolic OH excluding ortho intramolecular Hbond substituents is 1. The Morgan fingerprint density at radius 2 is 2.10 bits per heavy atom. The molecule has 3 aromatic rings. The van der Waals surface area contributed by atoms with E-state index in [1.165, 1.54) is 17.8 Å². The second-order valence-electron chi connectivity index (χ2n) is 7.35. The number of benzene rings is 2. The Kier molecular flexibility index (Phi) is 4.78. The van der Waals surface area contributed by atoms with Gasteiger partial charge < -0.3 is 10.4 Å². The van der Waals surface area contributed by atoms with Gasteiger partial charge in [0.05, 0.1) is 12.0 Å². The van der Waals surface area contributed by atoms with Crippen LogP contribution in [0.15, 0.2) is 65.5 Å². The van der Waals surface area contributed by atoms with Gasteiger partial charge in [0.2, 0.25) is 11.1 Å². The van der Waals surface area contributed by atoms with E-state index in [1.54, 1.807) is 41.1 Å². The number of ketones is 1. The summed E-state index contributed by atoms with van der Waals surface area (Å²) in [6.45, 7) is 0. The van der Waals surface area contributed by atoms with Crippen molar-refractivity contribution in [2.75, 3.05) is 5.32 Å². The first-order chi connectivity index (χ1) is 14.6. The quantitative estimate of drug-likeness (QED) is 0.611. The Labute approximate surface area is 176 Å². The van der Waals surface area contributed by atoms with Crippen molar-refractivity contribution in [3.05, 3.63) is 77.2 Å². The van der Waals surface area contributed by atoms with E-state index in [4.69, 9.17) is 0 Å². The van der Waals surface area contributed by atoms with Crippen LogP contribution in [0.1, 0.15) is 30.0 Å². The monoisotopic (exact) mass is 422 g/mol. The summed E-state index contributed by atoms with van der Waals surface area (Å²) < 4.78 is 15.7. The summed E-state index contributed by atoms with van der Waals surface area (Å²) in [5, 5.41) is 18.4. The van der Waals surface area contributed by atoms with Crippen molar-refractivity contribution in [3.8, 4) is 5.75 Å². The molecule has 0 saturated heterocycles. The van der Waals surface area contributed by atoms with E-state index in [2.05, 4.69) is 15.4 Å². The molecule has 2 N–H and O–H groups in total. The van der Waals surface area contributed by atoms with Gasteiger partial charge in [0.25, 0.3) is 0 Å². The van der Waals surface area contributed by atoms with Crippen LogP contribution in [0.5, 0.6) is 5.75 Å². The molecular weight excluding hydrogens is 403 g/mol. The molecule has 0 fully saturated rings. The Bertz CT molecular complexity index is 1160. The number of allylic oxidation sites excluding steroid dienone is 2. The zero-order valence-corrected chi connectivity index (χ0v) is 16.8. The van der Waals surface area contributed by atoms with Gasteiger partial charge >= 0.3 is 0 Å². The molecule has 1 aliphatic carbocycles. The van der Waals surface area contributed by atoms with Gasteiger partial charge in [0.15, 0.2) is 0 Å². The van der Waals surface area contributed by atoms with Crippen LogP contribution in [0.3, 0.4) is 0 Å². The molecule has 2 aliphatic rings. The zero-order chi connectivity index (χ0) is 20.7. The molecule has 1 aliphatic heterocycles. The maximum Gasteiger partial charge on any atom is 0.227 e. The number of phenols is 1. The number of nitrogens with zero attached hydrogens (tertiary/aromatic N) is 3. The van der Waals surface area contributed by atoms with Gasteiger partial charge in [0, 0.05) is 17.9 Å². The highest BCUT2D eigenvalue weighted by atomic mass is 32.2. The average molecular weight is 422 g/mol. The highest BCUT2D eigenvalue weighted by Gasteiger charge is 2.41. The number of aromatic hydroxyl groups is 1. The van der Waals surface area contributed by atoms with E-state index in [0.717, 1.165) is 11.3 Å². The van der Waals surface area contributed by atoms with Gasteiger partial charge in [-0.3, -0.25) is 4.79 Å². The molecule has 0 amide bonds. The zero-order valence-electron chi connectivity index (χ0n) is 16.0. The molecule has 152 valence electrons. The van der Waals surface area contributed by atoms with Crippen molar-refractivity contribution in [2.24, 2.45) is 5.92 Å². The summed E-state index contributed by atoms with van der Waals surface area (Å²) in [7, 11) is 0. The van der Waals surface area contributed by atoms with Crippen molar-refractivity contribution in [2.45, 2.75) is 29.8 Å². The van der Waals surface area contributed by atoms with Crippen LogP contribution < -0.4 is 5.32 Å². The van der Waals surface area contributed by atoms with Gasteiger partial charge in [0.1, 0.15) is 17.3 Å². The van der Waals surface area contributed by atoms with Gasteiger partial charge in [-0.05, 0) is 35.7 Å². The lowest BCUT2D eigenvalue weighted by atomic mass is 9.81. The maximum atomic E-state index is 13.9. The predicted molar refractivity (Wildman–Crippen MR) is 112 cm³/mol. The van der Waals surface area contributed by atoms with E-state index in [1.807, 2.05) is 12.1 Å². The minimum atomic E-state index is -0.404. The number of Topliss-reactive ketones (excluding diaryl/α,β-unsaturated/α-hetero) is 1. The number of carbonyl (C=O) groups excluding carboxylic acids is 1. The highest BCUT2D eigenvalue weighted by molar-refractivity contribution is 7.98. The number of fused-ring (bicyclic) bond motifs is 2. The number of halogens is 1. The fourth-order valence-electron chi connectivity index (χ4n) is 4.02. The summed E-state index contributed by atoms with van der Waals surface area (Å²) in [5.74, 6) is 0.547. The largest absolute Gasteiger partial charge is 0.508 e. The van der Waals surface area contributed by atoms with Crippen molar-refractivity contribution < 1.29 is 14.3 Å². The first-order valence-electron chi connectivity index (χ1n) is 9.71. The van der Waals surface area contributed by atoms with Crippen LogP contribution in [-0.4, -0.2) is 25.7 Å². The topological polar surface area (TPSA) is 80.0 Å². The first kappa shape index (κ1) is 18.9. The summed E-state index contributed by atoms with van der Waals surface area (Å²) in [6, 6.07) is 13.1. The molecule has 8 heteroatoms. The third-order valence-electron chi connectivity index (χ3n) is 5.41. The van der Waals surface area contributed by atoms with E-state index < -0.39 is 12.0 Å². The number of nitrogens with one attached hydrogen (secondary N) is 1. The minimum Gasteiger partial charge on any atom is -0.508 e. The van der Waals surface area contributed by atoms with Crippen molar-refractivity contribution in [1.29, 1.82) is 0 Å². The number of hydrogen-bond donors (Lipinski definition) is 2. The minimum absolute atomic E-state index is 0.134. The van der Waals surface area contributed by atoms with Crippen LogP contribution in [0.4, 0.5) is 10.3 Å². The fraction of sp³-hybridized carbons (Fsp3) is 0.227. The van der Waals surface area contributed by atoms with Crippen molar-refractivity contribution in [3.63, 3.8) is 0 Å². The van der Waals surface area contributed by atoms with Gasteiger partial charge in [-0.1, -0.05) is 48.2 Å². The Balaban J connectivity index is 1.52. The predicted octanol–water partition coefficient (Wildman–Crippen LogP) is 4.29. The summed E-state index contributed by atoms with van der Waals surface area (Å²) in [4.78, 5) is 17.4. The lowest BCUT2D eigenvalue weighted by molar-refractivity contribution is -0.123. The summed E-state index contributed by atoms with van der Waals surface area (Å²) in [5.41, 5.74) is 2.20. The Morgan fingerprint density at radius 3 is 2.93 bits per heavy atom. The lowest BCUT2D eigenvalue weighted by Crippen LogP contribution is -2.38. The van der Waals surface area contributed by atoms with E-state index in [-0.39, 0.29) is 17.3 Å². The van der Waals surface area contributed by atoms with E-state index >= 15 is 0 Å². The molecule has 6 nitrogen and oxygen atoms in total. The first-order valence-corrected chi connectivity index (χ1v) is 10.7. The molecule has 5 rings (SSSR count). The highest BCUT2D eigenvalue weighted by Crippen LogP contribution is 2.42. The number of anilines is 1. The second-order valence-corrected chi connectivity index (χ2v) is 8.29. The number of carbonyl (C=O) groups is 1. The number of rotatable bonds is 4. The van der Waals surface area contributed by atoms with Gasteiger partial charge in [-0.15, -0.1) is 5.10 Å². The SMILES string of the molecule is O=C1CCC=C2Nc3nc(SCc4ccccc4F)nn3[C@H](c3cccc(O)c3)[C@@H]12. The third kappa shape index (κ3) is 3.37. The van der Waals surface area contributed by atoms with E-state index in [9.17, 15) is 14.3 Å². The molecule has 30 heavy (non-hydrogen) atoms. The molecular formula is C22H19FN4O2S. The smallest absolute Gasteiger partial charge is 0.227 e. The maximum absolute atomic E-state index is 13.9. The number of aromatic nitrogens is 3. The van der Waals surface area contributed by atoms with Crippen LogP contribution in [-0.2, 0) is 10.5 Å². The van der Waals surface area contributed by atoms with Crippen molar-refractivity contribution in [1.82, 2.24) is 14.8 Å². The van der Waals surface area contributed by atoms with Crippen molar-refractivity contribution >= 4 is 23.5 Å². The van der Waals surface area contributed by atoms with Crippen LogP contribution in [0, 0.1) is 11.7 Å². The molecule has 0 saturated carbocycles. The normalized spacial score (nSPS) is 20.2. The van der Waals surface area contributed by atoms with E-state index in [0.29, 0.717) is 35.3 Å². The molecule has 0 radical (unpaired) electrons. The lowest BCUT2D eigenvalue weighted by Gasteiger charge is -2.36. The standard InChI is InChI=1S/C22H19FN4O2S/c23-16-8-2-1-5-14(16)12-30-22-25-21-24-17-9-4-10-18(29)19(17)20(27(21)26-22)13-6-3-7-15(28)11-13/h1-3,5-9,11,19-20,28H,4,10,12H2,(H,24,25,26)/t19-,20-/m1/s1. The number of hydrogen-bond acceptors (Lipinski definition) is 6. The third-order valence-corrected chi connectivity index (χ3v) is 6.30.